The summed E-state index contributed by atoms with van der Waals surface area (Å²) < 4.78 is 5.33. The molecule has 1 aliphatic rings. The Hall–Kier alpha value is -1.66. The van der Waals surface area contributed by atoms with E-state index in [1.54, 1.807) is 12.3 Å². The summed E-state index contributed by atoms with van der Waals surface area (Å²) in [4.78, 5) is 18.6. The zero-order chi connectivity index (χ0) is 14.6. The third-order valence-corrected chi connectivity index (χ3v) is 3.78. The first-order chi connectivity index (χ1) is 9.57. The van der Waals surface area contributed by atoms with Gasteiger partial charge in [0.1, 0.15) is 5.82 Å². The van der Waals surface area contributed by atoms with Gasteiger partial charge in [-0.2, -0.15) is 0 Å². The van der Waals surface area contributed by atoms with Crippen molar-refractivity contribution in [3.8, 4) is 0 Å². The van der Waals surface area contributed by atoms with Crippen LogP contribution in [0.3, 0.4) is 0 Å². The van der Waals surface area contributed by atoms with Crippen LogP contribution in [-0.2, 0) is 9.53 Å². The number of carbonyl (C=O) groups excluding carboxylic acids is 1. The van der Waals surface area contributed by atoms with E-state index in [0.29, 0.717) is 32.6 Å². The standard InChI is InChI=1S/C14H22N4O2/c1-18(2)12-9-11(3-6-16-12)17-13(19)14(10-15)4-7-20-8-5-14/h3,6,9H,4-5,7-8,10,15H2,1-2H3,(H,16,17,19). The van der Waals surface area contributed by atoms with Crippen molar-refractivity contribution >= 4 is 17.4 Å². The molecule has 0 saturated carbocycles. The van der Waals surface area contributed by atoms with E-state index in [-0.39, 0.29) is 5.91 Å². The molecule has 0 bridgehead atoms. The van der Waals surface area contributed by atoms with Crippen LogP contribution in [0.25, 0.3) is 0 Å². The van der Waals surface area contributed by atoms with Gasteiger partial charge in [-0.1, -0.05) is 0 Å². The number of hydrogen-bond donors (Lipinski definition) is 2. The predicted octanol–water partition coefficient (Wildman–Crippen LogP) is 0.842. The molecule has 1 aliphatic heterocycles. The van der Waals surface area contributed by atoms with Gasteiger partial charge in [0.05, 0.1) is 5.41 Å². The number of nitrogens with two attached hydrogens (primary N) is 1. The number of ether oxygens (including phenoxy) is 1. The third-order valence-electron chi connectivity index (χ3n) is 3.78. The highest BCUT2D eigenvalue weighted by Crippen LogP contribution is 2.31. The molecule has 0 atom stereocenters. The number of amides is 1. The van der Waals surface area contributed by atoms with Crippen LogP contribution in [0, 0.1) is 5.41 Å². The molecular weight excluding hydrogens is 256 g/mol. The van der Waals surface area contributed by atoms with Crippen LogP contribution in [0.5, 0.6) is 0 Å². The molecule has 1 amide bonds. The smallest absolute Gasteiger partial charge is 0.232 e. The van der Waals surface area contributed by atoms with Gasteiger partial charge in [0.15, 0.2) is 0 Å². The molecule has 0 unspecified atom stereocenters. The van der Waals surface area contributed by atoms with Gasteiger partial charge in [0.2, 0.25) is 5.91 Å². The number of nitrogens with one attached hydrogen (secondary N) is 1. The van der Waals surface area contributed by atoms with Crippen molar-refractivity contribution in [2.24, 2.45) is 11.1 Å². The minimum Gasteiger partial charge on any atom is -0.381 e. The minimum atomic E-state index is -0.514. The number of nitrogens with zero attached hydrogens (tertiary/aromatic N) is 2. The Morgan fingerprint density at radius 1 is 1.50 bits per heavy atom. The Morgan fingerprint density at radius 3 is 2.80 bits per heavy atom. The topological polar surface area (TPSA) is 80.5 Å². The minimum absolute atomic E-state index is 0.0285. The lowest BCUT2D eigenvalue weighted by Crippen LogP contribution is -2.46. The molecule has 2 rings (SSSR count). The van der Waals surface area contributed by atoms with Crippen molar-refractivity contribution < 1.29 is 9.53 Å². The van der Waals surface area contributed by atoms with Crippen LogP contribution in [0.4, 0.5) is 11.5 Å². The largest absolute Gasteiger partial charge is 0.381 e. The Morgan fingerprint density at radius 2 is 2.20 bits per heavy atom. The summed E-state index contributed by atoms with van der Waals surface area (Å²) in [6, 6.07) is 3.63. The van der Waals surface area contributed by atoms with E-state index in [9.17, 15) is 4.79 Å². The van der Waals surface area contributed by atoms with Crippen LogP contribution in [0.15, 0.2) is 18.3 Å². The van der Waals surface area contributed by atoms with E-state index in [0.717, 1.165) is 11.5 Å². The maximum Gasteiger partial charge on any atom is 0.232 e. The Bertz CT molecular complexity index is 470. The Balaban J connectivity index is 2.12. The molecule has 1 fully saturated rings. The second-order valence-corrected chi connectivity index (χ2v) is 5.35. The van der Waals surface area contributed by atoms with E-state index < -0.39 is 5.41 Å². The first-order valence-electron chi connectivity index (χ1n) is 6.80. The summed E-state index contributed by atoms with van der Waals surface area (Å²) in [6.45, 7) is 1.52. The molecule has 3 N–H and O–H groups in total. The molecule has 6 heteroatoms. The molecule has 1 aromatic rings. The monoisotopic (exact) mass is 278 g/mol. The van der Waals surface area contributed by atoms with Gasteiger partial charge in [-0.25, -0.2) is 4.98 Å². The van der Waals surface area contributed by atoms with Crippen molar-refractivity contribution in [1.82, 2.24) is 4.98 Å². The van der Waals surface area contributed by atoms with Crippen LogP contribution in [0.2, 0.25) is 0 Å². The first kappa shape index (κ1) is 14.7. The van der Waals surface area contributed by atoms with Crippen LogP contribution < -0.4 is 16.0 Å². The summed E-state index contributed by atoms with van der Waals surface area (Å²) in [6.07, 6.45) is 3.02. The first-order valence-corrected chi connectivity index (χ1v) is 6.80. The van der Waals surface area contributed by atoms with E-state index in [4.69, 9.17) is 10.5 Å². The number of anilines is 2. The maximum atomic E-state index is 12.5. The maximum absolute atomic E-state index is 12.5. The molecule has 2 heterocycles. The summed E-state index contributed by atoms with van der Waals surface area (Å²) in [7, 11) is 3.82. The van der Waals surface area contributed by atoms with Gasteiger partial charge in [-0.05, 0) is 18.9 Å². The number of carbonyl (C=O) groups is 1. The number of pyridine rings is 1. The summed E-state index contributed by atoms with van der Waals surface area (Å²) >= 11 is 0. The molecule has 0 spiro atoms. The van der Waals surface area contributed by atoms with Gasteiger partial charge in [0.25, 0.3) is 0 Å². The van der Waals surface area contributed by atoms with Crippen LogP contribution in [-0.4, -0.2) is 44.7 Å². The normalized spacial score (nSPS) is 17.6. The third kappa shape index (κ3) is 3.08. The molecule has 0 aliphatic carbocycles. The van der Waals surface area contributed by atoms with Gasteiger partial charge in [-0.15, -0.1) is 0 Å². The van der Waals surface area contributed by atoms with Gasteiger partial charge in [0, 0.05) is 51.8 Å². The van der Waals surface area contributed by atoms with Gasteiger partial charge < -0.3 is 20.7 Å². The van der Waals surface area contributed by atoms with E-state index in [1.165, 1.54) is 0 Å². The van der Waals surface area contributed by atoms with Crippen molar-refractivity contribution in [2.75, 3.05) is 44.1 Å². The second kappa shape index (κ2) is 6.19. The van der Waals surface area contributed by atoms with Gasteiger partial charge >= 0.3 is 0 Å². The van der Waals surface area contributed by atoms with Crippen molar-refractivity contribution in [1.29, 1.82) is 0 Å². The molecule has 6 nitrogen and oxygen atoms in total. The molecular formula is C14H22N4O2. The molecule has 110 valence electrons. The highest BCUT2D eigenvalue weighted by Gasteiger charge is 2.38. The lowest BCUT2D eigenvalue weighted by molar-refractivity contribution is -0.130. The molecule has 0 aromatic carbocycles. The van der Waals surface area contributed by atoms with E-state index in [1.807, 2.05) is 25.1 Å². The average Bonchev–Trinajstić information content (AvgIpc) is 2.48. The van der Waals surface area contributed by atoms with Crippen LogP contribution in [0.1, 0.15) is 12.8 Å². The Kier molecular flexibility index (Phi) is 4.57. The summed E-state index contributed by atoms with van der Waals surface area (Å²) in [5.41, 5.74) is 6.06. The fourth-order valence-electron chi connectivity index (χ4n) is 2.29. The molecule has 0 radical (unpaired) electrons. The zero-order valence-corrected chi connectivity index (χ0v) is 12.1. The Labute approximate surface area is 119 Å². The van der Waals surface area contributed by atoms with Crippen molar-refractivity contribution in [3.63, 3.8) is 0 Å². The summed E-state index contributed by atoms with van der Waals surface area (Å²) in [5.74, 6) is 0.774. The highest BCUT2D eigenvalue weighted by molar-refractivity contribution is 5.95. The lowest BCUT2D eigenvalue weighted by atomic mass is 9.79. The number of aromatic nitrogens is 1. The fraction of sp³-hybridized carbons (Fsp3) is 0.571. The van der Waals surface area contributed by atoms with Gasteiger partial charge in [-0.3, -0.25) is 4.79 Å². The van der Waals surface area contributed by atoms with Crippen molar-refractivity contribution in [3.05, 3.63) is 18.3 Å². The molecule has 1 aromatic heterocycles. The number of hydrogen-bond acceptors (Lipinski definition) is 5. The molecule has 20 heavy (non-hydrogen) atoms. The van der Waals surface area contributed by atoms with E-state index >= 15 is 0 Å². The fourth-order valence-corrected chi connectivity index (χ4v) is 2.29. The zero-order valence-electron chi connectivity index (χ0n) is 12.1. The lowest BCUT2D eigenvalue weighted by Gasteiger charge is -2.34. The van der Waals surface area contributed by atoms with Crippen LogP contribution >= 0.6 is 0 Å². The highest BCUT2D eigenvalue weighted by atomic mass is 16.5. The SMILES string of the molecule is CN(C)c1cc(NC(=O)C2(CN)CCOCC2)ccn1. The van der Waals surface area contributed by atoms with Crippen molar-refractivity contribution in [2.45, 2.75) is 12.8 Å². The second-order valence-electron chi connectivity index (χ2n) is 5.35. The quantitative estimate of drug-likeness (QED) is 0.853. The average molecular weight is 278 g/mol. The molecule has 1 saturated heterocycles. The predicted molar refractivity (Wildman–Crippen MR) is 78.7 cm³/mol. The summed E-state index contributed by atoms with van der Waals surface area (Å²) in [5, 5.41) is 2.96. The van der Waals surface area contributed by atoms with E-state index in [2.05, 4.69) is 10.3 Å². The number of rotatable bonds is 4.